The van der Waals surface area contributed by atoms with Gasteiger partial charge in [-0.05, 0) is 55.0 Å². The van der Waals surface area contributed by atoms with Crippen LogP contribution in [0, 0.1) is 6.92 Å². The molecular weight excluding hydrogens is 382 g/mol. The second-order valence-electron chi connectivity index (χ2n) is 6.16. The zero-order valence-corrected chi connectivity index (χ0v) is 16.7. The molecule has 3 aromatic carbocycles. The smallest absolute Gasteiger partial charge is 0.264 e. The molecule has 0 saturated carbocycles. The third-order valence-corrected chi connectivity index (χ3v) is 6.18. The van der Waals surface area contributed by atoms with Gasteiger partial charge in [0.25, 0.3) is 10.0 Å². The lowest BCUT2D eigenvalue weighted by Gasteiger charge is -2.25. The van der Waals surface area contributed by atoms with Gasteiger partial charge in [-0.3, -0.25) is 4.31 Å². The van der Waals surface area contributed by atoms with Gasteiger partial charge in [-0.2, -0.15) is 0 Å². The Bertz CT molecular complexity index is 1030. The molecule has 0 radical (unpaired) electrons. The van der Waals surface area contributed by atoms with E-state index in [4.69, 9.17) is 16.3 Å². The number of rotatable bonds is 6. The number of ether oxygens (including phenoxy) is 1. The largest absolute Gasteiger partial charge is 0.497 e. The molecule has 0 N–H and O–H groups in total. The number of benzene rings is 3. The number of aryl methyl sites for hydroxylation is 1. The number of nitrogens with zero attached hydrogens (tertiary/aromatic N) is 1. The average Bonchev–Trinajstić information content (AvgIpc) is 2.66. The van der Waals surface area contributed by atoms with Crippen LogP contribution in [0.3, 0.4) is 0 Å². The summed E-state index contributed by atoms with van der Waals surface area (Å²) in [6, 6.07) is 21.0. The maximum absolute atomic E-state index is 13.4. The van der Waals surface area contributed by atoms with Crippen LogP contribution in [0.15, 0.2) is 77.7 Å². The fourth-order valence-corrected chi connectivity index (χ4v) is 4.43. The van der Waals surface area contributed by atoms with Crippen LogP contribution in [0.1, 0.15) is 11.1 Å². The van der Waals surface area contributed by atoms with E-state index in [9.17, 15) is 8.42 Å². The summed E-state index contributed by atoms with van der Waals surface area (Å²) in [5.41, 5.74) is 2.48. The Labute approximate surface area is 165 Å². The third-order valence-electron chi connectivity index (χ3n) is 4.15. The van der Waals surface area contributed by atoms with Crippen molar-refractivity contribution in [1.29, 1.82) is 0 Å². The summed E-state index contributed by atoms with van der Waals surface area (Å²) in [7, 11) is -2.25. The van der Waals surface area contributed by atoms with Gasteiger partial charge in [0.05, 0.1) is 24.2 Å². The molecule has 27 heavy (non-hydrogen) atoms. The standard InChI is InChI=1S/C21H20ClNO3S/c1-16-5-3-6-17(13-16)15-23(19-8-4-7-18(22)14-19)27(24,25)21-11-9-20(26-2)10-12-21/h3-14H,15H2,1-2H3. The molecule has 0 spiro atoms. The van der Waals surface area contributed by atoms with Crippen molar-refractivity contribution in [2.24, 2.45) is 0 Å². The van der Waals surface area contributed by atoms with Crippen LogP contribution >= 0.6 is 11.6 Å². The van der Waals surface area contributed by atoms with Gasteiger partial charge in [0, 0.05) is 5.02 Å². The number of hydrogen-bond donors (Lipinski definition) is 0. The summed E-state index contributed by atoms with van der Waals surface area (Å²) < 4.78 is 33.2. The first kappa shape index (κ1) is 19.3. The Balaban J connectivity index is 2.07. The normalized spacial score (nSPS) is 11.2. The summed E-state index contributed by atoms with van der Waals surface area (Å²) >= 11 is 6.11. The molecular formula is C21H20ClNO3S. The van der Waals surface area contributed by atoms with E-state index in [1.165, 1.54) is 4.31 Å². The van der Waals surface area contributed by atoms with Crippen LogP contribution in [0.2, 0.25) is 5.02 Å². The van der Waals surface area contributed by atoms with Crippen molar-refractivity contribution in [3.8, 4) is 5.75 Å². The average molecular weight is 402 g/mol. The summed E-state index contributed by atoms with van der Waals surface area (Å²) in [5, 5.41) is 0.478. The van der Waals surface area contributed by atoms with Crippen LogP contribution in [0.5, 0.6) is 5.75 Å². The molecule has 0 aliphatic carbocycles. The predicted molar refractivity (Wildman–Crippen MR) is 109 cm³/mol. The molecule has 0 saturated heterocycles. The highest BCUT2D eigenvalue weighted by molar-refractivity contribution is 7.92. The van der Waals surface area contributed by atoms with Crippen molar-refractivity contribution in [3.63, 3.8) is 0 Å². The van der Waals surface area contributed by atoms with Crippen molar-refractivity contribution >= 4 is 27.3 Å². The molecule has 6 heteroatoms. The van der Waals surface area contributed by atoms with Crippen molar-refractivity contribution in [1.82, 2.24) is 0 Å². The Morgan fingerprint density at radius 3 is 2.30 bits per heavy atom. The van der Waals surface area contributed by atoms with Crippen molar-refractivity contribution in [3.05, 3.63) is 88.9 Å². The summed E-state index contributed by atoms with van der Waals surface area (Å²) in [6.45, 7) is 2.18. The van der Waals surface area contributed by atoms with Gasteiger partial charge in [0.1, 0.15) is 5.75 Å². The van der Waals surface area contributed by atoms with Crippen LogP contribution < -0.4 is 9.04 Å². The fraction of sp³-hybridized carbons (Fsp3) is 0.143. The van der Waals surface area contributed by atoms with E-state index < -0.39 is 10.0 Å². The highest BCUT2D eigenvalue weighted by atomic mass is 35.5. The minimum absolute atomic E-state index is 0.191. The van der Waals surface area contributed by atoms with Crippen LogP contribution in [-0.2, 0) is 16.6 Å². The quantitative estimate of drug-likeness (QED) is 0.580. The molecule has 3 rings (SSSR count). The van der Waals surface area contributed by atoms with Crippen LogP contribution in [0.25, 0.3) is 0 Å². The van der Waals surface area contributed by atoms with Crippen molar-refractivity contribution < 1.29 is 13.2 Å². The predicted octanol–water partition coefficient (Wildman–Crippen LogP) is 5.05. The summed E-state index contributed by atoms with van der Waals surface area (Å²) in [4.78, 5) is 0.191. The van der Waals surface area contributed by atoms with Crippen LogP contribution in [-0.4, -0.2) is 15.5 Å². The highest BCUT2D eigenvalue weighted by Crippen LogP contribution is 2.29. The van der Waals surface area contributed by atoms with Gasteiger partial charge < -0.3 is 4.74 Å². The van der Waals surface area contributed by atoms with Crippen molar-refractivity contribution in [2.75, 3.05) is 11.4 Å². The molecule has 0 aliphatic heterocycles. The monoisotopic (exact) mass is 401 g/mol. The van der Waals surface area contributed by atoms with E-state index in [0.29, 0.717) is 16.5 Å². The van der Waals surface area contributed by atoms with Gasteiger partial charge in [-0.25, -0.2) is 8.42 Å². The Morgan fingerprint density at radius 2 is 1.67 bits per heavy atom. The minimum atomic E-state index is -3.79. The number of methoxy groups -OCH3 is 1. The molecule has 3 aromatic rings. The van der Waals surface area contributed by atoms with E-state index in [0.717, 1.165) is 11.1 Å². The first-order valence-corrected chi connectivity index (χ1v) is 10.2. The Hall–Kier alpha value is -2.50. The lowest BCUT2D eigenvalue weighted by molar-refractivity contribution is 0.414. The maximum atomic E-state index is 13.4. The molecule has 0 aromatic heterocycles. The fourth-order valence-electron chi connectivity index (χ4n) is 2.80. The zero-order valence-electron chi connectivity index (χ0n) is 15.1. The molecule has 0 atom stereocenters. The third kappa shape index (κ3) is 4.43. The second-order valence-corrected chi connectivity index (χ2v) is 8.45. The van der Waals surface area contributed by atoms with Crippen LogP contribution in [0.4, 0.5) is 5.69 Å². The summed E-state index contributed by atoms with van der Waals surface area (Å²) in [6.07, 6.45) is 0. The molecule has 0 fully saturated rings. The Kier molecular flexibility index (Phi) is 5.73. The van der Waals surface area contributed by atoms with Gasteiger partial charge >= 0.3 is 0 Å². The van der Waals surface area contributed by atoms with Gasteiger partial charge in [-0.1, -0.05) is 47.5 Å². The minimum Gasteiger partial charge on any atom is -0.497 e. The molecule has 140 valence electrons. The molecule has 0 amide bonds. The van der Waals surface area contributed by atoms with Gasteiger partial charge in [-0.15, -0.1) is 0 Å². The van der Waals surface area contributed by atoms with E-state index in [1.807, 2.05) is 31.2 Å². The second kappa shape index (κ2) is 8.03. The first-order chi connectivity index (χ1) is 12.9. The SMILES string of the molecule is COc1ccc(S(=O)(=O)N(Cc2cccc(C)c2)c2cccc(Cl)c2)cc1. The number of anilines is 1. The lowest BCUT2D eigenvalue weighted by Crippen LogP contribution is -2.30. The summed E-state index contributed by atoms with van der Waals surface area (Å²) in [5.74, 6) is 0.599. The highest BCUT2D eigenvalue weighted by Gasteiger charge is 2.25. The number of hydrogen-bond acceptors (Lipinski definition) is 3. The number of sulfonamides is 1. The van der Waals surface area contributed by atoms with E-state index in [-0.39, 0.29) is 11.4 Å². The molecule has 0 bridgehead atoms. The van der Waals surface area contributed by atoms with Gasteiger partial charge in [0.15, 0.2) is 0 Å². The maximum Gasteiger partial charge on any atom is 0.264 e. The molecule has 0 heterocycles. The van der Waals surface area contributed by atoms with E-state index >= 15 is 0 Å². The van der Waals surface area contributed by atoms with E-state index in [2.05, 4.69) is 0 Å². The molecule has 0 aliphatic rings. The van der Waals surface area contributed by atoms with Crippen molar-refractivity contribution in [2.45, 2.75) is 18.4 Å². The lowest BCUT2D eigenvalue weighted by atomic mass is 10.1. The Morgan fingerprint density at radius 1 is 0.963 bits per heavy atom. The molecule has 4 nitrogen and oxygen atoms in total. The zero-order chi connectivity index (χ0) is 19.4. The molecule has 0 unspecified atom stereocenters. The first-order valence-electron chi connectivity index (χ1n) is 8.38. The topological polar surface area (TPSA) is 46.6 Å². The number of halogens is 1. The van der Waals surface area contributed by atoms with Gasteiger partial charge in [0.2, 0.25) is 0 Å². The van der Waals surface area contributed by atoms with E-state index in [1.54, 1.807) is 55.6 Å².